The number of urea groups is 1. The Bertz CT molecular complexity index is 1730. The molecule has 4 aromatic rings. The minimum Gasteiger partial charge on any atom is -0.449 e. The van der Waals surface area contributed by atoms with Crippen LogP contribution in [0.15, 0.2) is 63.9 Å². The average molecular weight is 571 g/mol. The molecule has 3 amide bonds. The lowest BCUT2D eigenvalue weighted by Gasteiger charge is -2.16. The minimum atomic E-state index is -0.505. The van der Waals surface area contributed by atoms with Gasteiger partial charge in [-0.2, -0.15) is 15.4 Å². The Balaban J connectivity index is 1.40. The summed E-state index contributed by atoms with van der Waals surface area (Å²) < 4.78 is 8.38. The zero-order valence-corrected chi connectivity index (χ0v) is 23.5. The first-order chi connectivity index (χ1) is 20.2. The maximum Gasteiger partial charge on any atom is 0.320 e. The quantitative estimate of drug-likeness (QED) is 0.306. The van der Waals surface area contributed by atoms with E-state index in [2.05, 4.69) is 16.0 Å². The lowest BCUT2D eigenvalue weighted by atomic mass is 10.1. The SMILES string of the molecule is CNC(=O)c1cc(-c2nn(-c3ccccc3)c(NC(=O)N[C@@H]3CN(Cc4ccc(C#N)o4)O[C@H]3C)c2C)cn(C)c1=O. The monoisotopic (exact) mass is 570 g/mol. The molecule has 1 aliphatic rings. The number of benzene rings is 1. The van der Waals surface area contributed by atoms with Crippen molar-refractivity contribution in [3.63, 3.8) is 0 Å². The molecule has 42 heavy (non-hydrogen) atoms. The number of nitrogens with one attached hydrogen (secondary N) is 3. The number of anilines is 1. The largest absolute Gasteiger partial charge is 0.449 e. The van der Waals surface area contributed by atoms with Crippen molar-refractivity contribution >= 4 is 17.8 Å². The molecule has 13 nitrogen and oxygen atoms in total. The number of carbonyl (C=O) groups is 2. The topological polar surface area (TPSA) is 159 Å². The van der Waals surface area contributed by atoms with E-state index in [-0.39, 0.29) is 23.5 Å². The zero-order valence-electron chi connectivity index (χ0n) is 23.5. The van der Waals surface area contributed by atoms with Gasteiger partial charge in [-0.3, -0.25) is 19.7 Å². The maximum absolute atomic E-state index is 13.3. The highest BCUT2D eigenvalue weighted by atomic mass is 16.7. The fourth-order valence-corrected chi connectivity index (χ4v) is 4.80. The van der Waals surface area contributed by atoms with Gasteiger partial charge >= 0.3 is 6.03 Å². The minimum absolute atomic E-state index is 0.0171. The van der Waals surface area contributed by atoms with E-state index in [9.17, 15) is 14.4 Å². The highest BCUT2D eigenvalue weighted by molar-refractivity contribution is 5.95. The van der Waals surface area contributed by atoms with E-state index in [4.69, 9.17) is 19.6 Å². The van der Waals surface area contributed by atoms with Crippen molar-refractivity contribution in [2.75, 3.05) is 18.9 Å². The van der Waals surface area contributed by atoms with Crippen molar-refractivity contribution in [1.82, 2.24) is 30.0 Å². The van der Waals surface area contributed by atoms with Crippen molar-refractivity contribution in [1.29, 1.82) is 5.26 Å². The molecule has 3 N–H and O–H groups in total. The molecule has 0 aliphatic carbocycles. The number of amides is 3. The molecule has 0 saturated carbocycles. The van der Waals surface area contributed by atoms with Gasteiger partial charge < -0.3 is 19.6 Å². The third-order valence-corrected chi connectivity index (χ3v) is 6.99. The van der Waals surface area contributed by atoms with Crippen LogP contribution in [0.25, 0.3) is 16.9 Å². The summed E-state index contributed by atoms with van der Waals surface area (Å²) in [5.41, 5.74) is 1.93. The maximum atomic E-state index is 13.3. The lowest BCUT2D eigenvalue weighted by Crippen LogP contribution is -2.44. The number of para-hydroxylation sites is 1. The number of rotatable bonds is 7. The van der Waals surface area contributed by atoms with Crippen LogP contribution in [0, 0.1) is 18.3 Å². The summed E-state index contributed by atoms with van der Waals surface area (Å²) in [6.07, 6.45) is 1.29. The van der Waals surface area contributed by atoms with Gasteiger partial charge in [0.05, 0.1) is 30.1 Å². The number of furan rings is 1. The molecule has 13 heteroatoms. The molecular weight excluding hydrogens is 540 g/mol. The molecule has 2 atom stereocenters. The Morgan fingerprint density at radius 3 is 2.64 bits per heavy atom. The molecule has 1 aliphatic heterocycles. The van der Waals surface area contributed by atoms with Crippen LogP contribution in [-0.4, -0.2) is 57.1 Å². The van der Waals surface area contributed by atoms with E-state index in [0.717, 1.165) is 0 Å². The van der Waals surface area contributed by atoms with Crippen LogP contribution in [-0.2, 0) is 18.4 Å². The second-order valence-corrected chi connectivity index (χ2v) is 9.92. The normalized spacial score (nSPS) is 16.6. The molecule has 1 aromatic carbocycles. The molecule has 0 unspecified atom stereocenters. The van der Waals surface area contributed by atoms with Gasteiger partial charge in [-0.05, 0) is 44.2 Å². The van der Waals surface area contributed by atoms with Gasteiger partial charge in [-0.1, -0.05) is 18.2 Å². The number of nitriles is 1. The first-order valence-corrected chi connectivity index (χ1v) is 13.2. The van der Waals surface area contributed by atoms with E-state index < -0.39 is 17.5 Å². The van der Waals surface area contributed by atoms with Crippen LogP contribution < -0.4 is 21.5 Å². The van der Waals surface area contributed by atoms with Crippen molar-refractivity contribution in [3.05, 3.63) is 87.7 Å². The van der Waals surface area contributed by atoms with E-state index in [1.54, 1.807) is 35.1 Å². The second kappa shape index (κ2) is 11.7. The summed E-state index contributed by atoms with van der Waals surface area (Å²) in [6.45, 7) is 4.39. The molecule has 4 heterocycles. The molecule has 1 fully saturated rings. The van der Waals surface area contributed by atoms with Gasteiger partial charge in [0.1, 0.15) is 23.2 Å². The highest BCUT2D eigenvalue weighted by Gasteiger charge is 2.33. The van der Waals surface area contributed by atoms with Crippen LogP contribution in [0.4, 0.5) is 10.6 Å². The Morgan fingerprint density at radius 2 is 1.95 bits per heavy atom. The fourth-order valence-electron chi connectivity index (χ4n) is 4.80. The summed E-state index contributed by atoms with van der Waals surface area (Å²) in [4.78, 5) is 44.1. The predicted molar refractivity (Wildman–Crippen MR) is 153 cm³/mol. The molecule has 216 valence electrons. The Labute approximate surface area is 241 Å². The summed E-state index contributed by atoms with van der Waals surface area (Å²) in [6, 6.07) is 15.3. The predicted octanol–water partition coefficient (Wildman–Crippen LogP) is 2.70. The smallest absolute Gasteiger partial charge is 0.320 e. The summed E-state index contributed by atoms with van der Waals surface area (Å²) >= 11 is 0. The number of aryl methyl sites for hydroxylation is 1. The van der Waals surface area contributed by atoms with E-state index in [1.807, 2.05) is 50.2 Å². The Kier molecular flexibility index (Phi) is 7.92. The van der Waals surface area contributed by atoms with Crippen molar-refractivity contribution < 1.29 is 18.8 Å². The zero-order chi connectivity index (χ0) is 30.0. The summed E-state index contributed by atoms with van der Waals surface area (Å²) in [5, 5.41) is 23.8. The number of pyridine rings is 1. The van der Waals surface area contributed by atoms with E-state index in [1.165, 1.54) is 17.7 Å². The third-order valence-electron chi connectivity index (χ3n) is 6.99. The summed E-state index contributed by atoms with van der Waals surface area (Å²) in [7, 11) is 3.03. The first-order valence-electron chi connectivity index (χ1n) is 13.2. The van der Waals surface area contributed by atoms with Crippen molar-refractivity contribution in [2.45, 2.75) is 32.5 Å². The van der Waals surface area contributed by atoms with Gasteiger partial charge in [0.15, 0.2) is 0 Å². The lowest BCUT2D eigenvalue weighted by molar-refractivity contribution is -0.150. The number of hydrogen-bond donors (Lipinski definition) is 3. The van der Waals surface area contributed by atoms with E-state index >= 15 is 0 Å². The number of carbonyl (C=O) groups excluding carboxylic acids is 2. The molecule has 3 aromatic heterocycles. The van der Waals surface area contributed by atoms with Crippen LogP contribution >= 0.6 is 0 Å². The second-order valence-electron chi connectivity index (χ2n) is 9.92. The van der Waals surface area contributed by atoms with E-state index in [0.29, 0.717) is 47.2 Å². The Morgan fingerprint density at radius 1 is 1.19 bits per heavy atom. The summed E-state index contributed by atoms with van der Waals surface area (Å²) in [5.74, 6) is 0.720. The number of hydrogen-bond acceptors (Lipinski definition) is 8. The first kappa shape index (κ1) is 28.3. The van der Waals surface area contributed by atoms with Gasteiger partial charge in [0.2, 0.25) is 5.76 Å². The van der Waals surface area contributed by atoms with Gasteiger partial charge in [-0.15, -0.1) is 0 Å². The fraction of sp³-hybridized carbons (Fsp3) is 0.276. The molecule has 5 rings (SSSR count). The number of hydroxylamine groups is 2. The number of aromatic nitrogens is 3. The van der Waals surface area contributed by atoms with Crippen molar-refractivity contribution in [2.24, 2.45) is 7.05 Å². The Hall–Kier alpha value is -5.19. The van der Waals surface area contributed by atoms with Gasteiger partial charge in [-0.25, -0.2) is 9.48 Å². The van der Waals surface area contributed by atoms with Gasteiger partial charge in [0, 0.05) is 38.0 Å². The molecular formula is C29H30N8O5. The highest BCUT2D eigenvalue weighted by Crippen LogP contribution is 2.30. The van der Waals surface area contributed by atoms with Gasteiger partial charge in [0.25, 0.3) is 11.5 Å². The van der Waals surface area contributed by atoms with Crippen LogP contribution in [0.3, 0.4) is 0 Å². The average Bonchev–Trinajstić information content (AvgIpc) is 3.67. The number of nitrogens with zero attached hydrogens (tertiary/aromatic N) is 5. The van der Waals surface area contributed by atoms with Crippen molar-refractivity contribution in [3.8, 4) is 23.0 Å². The van der Waals surface area contributed by atoms with Crippen LogP contribution in [0.1, 0.15) is 34.4 Å². The molecule has 0 spiro atoms. The van der Waals surface area contributed by atoms with Crippen LogP contribution in [0.5, 0.6) is 0 Å². The molecule has 1 saturated heterocycles. The third kappa shape index (κ3) is 5.67. The molecule has 0 radical (unpaired) electrons. The van der Waals surface area contributed by atoms with Crippen LogP contribution in [0.2, 0.25) is 0 Å². The molecule has 0 bridgehead atoms. The standard InChI is InChI=1S/C29H30N8O5/c1-17-25(19-12-23(27(38)31-3)28(39)35(4)14-19)34-37(20-8-6-5-7-9-20)26(17)33-29(40)32-24-16-36(42-18(24)2)15-22-11-10-21(13-30)41-22/h5-12,14,18,24H,15-16H2,1-4H3,(H,31,38)(H2,32,33,40)/t18-,24+/m0/s1.